The van der Waals surface area contributed by atoms with Crippen molar-refractivity contribution in [3.8, 4) is 0 Å². The van der Waals surface area contributed by atoms with E-state index in [-0.39, 0.29) is 18.3 Å². The van der Waals surface area contributed by atoms with E-state index in [1.165, 1.54) is 23.4 Å². The van der Waals surface area contributed by atoms with E-state index in [0.29, 0.717) is 6.42 Å². The normalized spacial score (nSPS) is 16.7. The van der Waals surface area contributed by atoms with E-state index in [4.69, 9.17) is 5.73 Å². The van der Waals surface area contributed by atoms with Gasteiger partial charge in [0.2, 0.25) is 5.91 Å². The summed E-state index contributed by atoms with van der Waals surface area (Å²) in [4.78, 5) is 17.9. The number of rotatable bonds is 8. The lowest BCUT2D eigenvalue weighted by Gasteiger charge is -2.18. The molecule has 3 N–H and O–H groups in total. The molecule has 0 bridgehead atoms. The molecule has 0 fully saturated rings. The minimum absolute atomic E-state index is 0. The van der Waals surface area contributed by atoms with Gasteiger partial charge >= 0.3 is 0 Å². The van der Waals surface area contributed by atoms with Gasteiger partial charge in [-0.15, -0.1) is 23.7 Å². The monoisotopic (exact) mass is 345 g/mol. The third-order valence-corrected chi connectivity index (χ3v) is 5.26. The van der Waals surface area contributed by atoms with Crippen LogP contribution in [0.25, 0.3) is 0 Å². The van der Waals surface area contributed by atoms with E-state index < -0.39 is 0 Å². The highest BCUT2D eigenvalue weighted by molar-refractivity contribution is 7.15. The van der Waals surface area contributed by atoms with Gasteiger partial charge in [0, 0.05) is 11.3 Å². The molecule has 1 aromatic heterocycles. The molecule has 0 aliphatic heterocycles. The predicted octanol–water partition coefficient (Wildman–Crippen LogP) is 3.93. The average Bonchev–Trinajstić information content (AvgIpc) is 2.87. The minimum atomic E-state index is 0. The summed E-state index contributed by atoms with van der Waals surface area (Å²) in [5, 5.41) is 3.76. The maximum atomic E-state index is 11.9. The molecule has 22 heavy (non-hydrogen) atoms. The number of carbonyl (C=O) groups excluding carboxylic acids is 1. The number of aryl methyl sites for hydroxylation is 1. The summed E-state index contributed by atoms with van der Waals surface area (Å²) >= 11 is 1.67. The molecule has 0 saturated carbocycles. The van der Waals surface area contributed by atoms with Crippen LogP contribution in [-0.2, 0) is 17.6 Å². The van der Waals surface area contributed by atoms with Gasteiger partial charge in [-0.25, -0.2) is 4.98 Å². The number of amides is 1. The van der Waals surface area contributed by atoms with Gasteiger partial charge in [0.15, 0.2) is 5.13 Å². The van der Waals surface area contributed by atoms with Gasteiger partial charge in [0.05, 0.1) is 5.69 Å². The molecule has 0 spiro atoms. The first kappa shape index (κ1) is 19.4. The minimum Gasteiger partial charge on any atom is -0.330 e. The SMILES string of the molecule is CCC1CCc2nc(NC(=O)CCCCCCN)sc2C1.Cl. The second-order valence-electron chi connectivity index (χ2n) is 5.91. The Bertz CT molecular complexity index is 464. The molecule has 0 saturated heterocycles. The Morgan fingerprint density at radius 1 is 1.36 bits per heavy atom. The number of carbonyl (C=O) groups is 1. The first-order valence-electron chi connectivity index (χ1n) is 8.21. The molecule has 1 heterocycles. The zero-order chi connectivity index (χ0) is 15.1. The van der Waals surface area contributed by atoms with Crippen molar-refractivity contribution in [1.29, 1.82) is 0 Å². The molecule has 6 heteroatoms. The van der Waals surface area contributed by atoms with Crippen LogP contribution in [0, 0.1) is 5.92 Å². The number of hydrogen-bond donors (Lipinski definition) is 2. The Morgan fingerprint density at radius 2 is 2.14 bits per heavy atom. The summed E-state index contributed by atoms with van der Waals surface area (Å²) < 4.78 is 0. The lowest BCUT2D eigenvalue weighted by molar-refractivity contribution is -0.116. The van der Waals surface area contributed by atoms with Crippen LogP contribution in [0.5, 0.6) is 0 Å². The van der Waals surface area contributed by atoms with Crippen molar-refractivity contribution in [2.75, 3.05) is 11.9 Å². The topological polar surface area (TPSA) is 68.0 Å². The summed E-state index contributed by atoms with van der Waals surface area (Å²) in [5.41, 5.74) is 6.67. The van der Waals surface area contributed by atoms with E-state index in [2.05, 4.69) is 17.2 Å². The van der Waals surface area contributed by atoms with Crippen molar-refractivity contribution in [3.05, 3.63) is 10.6 Å². The van der Waals surface area contributed by atoms with E-state index >= 15 is 0 Å². The number of nitrogens with one attached hydrogen (secondary N) is 1. The molecule has 0 aromatic carbocycles. The Kier molecular flexibility index (Phi) is 8.98. The second-order valence-corrected chi connectivity index (χ2v) is 6.99. The molecule has 4 nitrogen and oxygen atoms in total. The lowest BCUT2D eigenvalue weighted by atomic mass is 9.89. The number of hydrogen-bond acceptors (Lipinski definition) is 4. The van der Waals surface area contributed by atoms with Crippen molar-refractivity contribution in [1.82, 2.24) is 4.98 Å². The van der Waals surface area contributed by atoms with Crippen LogP contribution in [0.3, 0.4) is 0 Å². The van der Waals surface area contributed by atoms with E-state index in [9.17, 15) is 4.79 Å². The van der Waals surface area contributed by atoms with Crippen LogP contribution in [0.2, 0.25) is 0 Å². The van der Waals surface area contributed by atoms with Crippen LogP contribution >= 0.6 is 23.7 Å². The molecule has 1 unspecified atom stereocenters. The molecule has 1 aliphatic rings. The van der Waals surface area contributed by atoms with Crippen LogP contribution in [-0.4, -0.2) is 17.4 Å². The lowest BCUT2D eigenvalue weighted by Crippen LogP contribution is -2.12. The van der Waals surface area contributed by atoms with E-state index in [0.717, 1.165) is 56.1 Å². The molecule has 1 aliphatic carbocycles. The molecule has 1 amide bonds. The fraction of sp³-hybridized carbons (Fsp3) is 0.750. The standard InChI is InChI=1S/C16H27N3OS.ClH/c1-2-12-8-9-13-14(11-12)21-16(18-13)19-15(20)7-5-3-4-6-10-17;/h12H,2-11,17H2,1H3,(H,18,19,20);1H. The summed E-state index contributed by atoms with van der Waals surface area (Å²) in [5.74, 6) is 0.893. The van der Waals surface area contributed by atoms with Crippen molar-refractivity contribution in [2.45, 2.75) is 64.7 Å². The van der Waals surface area contributed by atoms with Crippen LogP contribution in [0.1, 0.15) is 62.4 Å². The van der Waals surface area contributed by atoms with Gasteiger partial charge in [-0.05, 0) is 44.6 Å². The third-order valence-electron chi connectivity index (χ3n) is 4.22. The van der Waals surface area contributed by atoms with Gasteiger partial charge in [-0.1, -0.05) is 26.2 Å². The summed E-state index contributed by atoms with van der Waals surface area (Å²) in [6.07, 6.45) is 9.47. The highest BCUT2D eigenvalue weighted by Gasteiger charge is 2.21. The number of nitrogens with two attached hydrogens (primary N) is 1. The Labute approximate surface area is 143 Å². The highest BCUT2D eigenvalue weighted by atomic mass is 35.5. The maximum absolute atomic E-state index is 11.9. The van der Waals surface area contributed by atoms with Crippen molar-refractivity contribution in [2.24, 2.45) is 11.7 Å². The molecule has 2 rings (SSSR count). The van der Waals surface area contributed by atoms with Gasteiger partial charge in [0.25, 0.3) is 0 Å². The zero-order valence-corrected chi connectivity index (χ0v) is 15.0. The fourth-order valence-corrected chi connectivity index (χ4v) is 3.95. The fourth-order valence-electron chi connectivity index (χ4n) is 2.81. The van der Waals surface area contributed by atoms with Crippen LogP contribution in [0.4, 0.5) is 5.13 Å². The van der Waals surface area contributed by atoms with E-state index in [1.54, 1.807) is 11.3 Å². The number of aromatic nitrogens is 1. The number of halogens is 1. The Hall–Kier alpha value is -0.650. The average molecular weight is 346 g/mol. The molecule has 126 valence electrons. The predicted molar refractivity (Wildman–Crippen MR) is 95.9 cm³/mol. The Morgan fingerprint density at radius 3 is 2.86 bits per heavy atom. The van der Waals surface area contributed by atoms with Gasteiger partial charge in [-0.2, -0.15) is 0 Å². The van der Waals surface area contributed by atoms with Gasteiger partial charge < -0.3 is 11.1 Å². The van der Waals surface area contributed by atoms with Crippen LogP contribution in [0.15, 0.2) is 0 Å². The number of nitrogens with zero attached hydrogens (tertiary/aromatic N) is 1. The molecular weight excluding hydrogens is 318 g/mol. The number of unbranched alkanes of at least 4 members (excludes halogenated alkanes) is 3. The van der Waals surface area contributed by atoms with Gasteiger partial charge in [0.1, 0.15) is 0 Å². The molecular formula is C16H28ClN3OS. The number of anilines is 1. The summed E-state index contributed by atoms with van der Waals surface area (Å²) in [6, 6.07) is 0. The smallest absolute Gasteiger partial charge is 0.226 e. The largest absolute Gasteiger partial charge is 0.330 e. The molecule has 0 radical (unpaired) electrons. The van der Waals surface area contributed by atoms with Crippen molar-refractivity contribution in [3.63, 3.8) is 0 Å². The molecule has 1 atom stereocenters. The number of fused-ring (bicyclic) bond motifs is 1. The van der Waals surface area contributed by atoms with Crippen molar-refractivity contribution < 1.29 is 4.79 Å². The zero-order valence-electron chi connectivity index (χ0n) is 13.4. The second kappa shape index (κ2) is 10.2. The number of thiazole rings is 1. The molecule has 1 aromatic rings. The third kappa shape index (κ3) is 5.86. The Balaban J connectivity index is 0.00000242. The quantitative estimate of drug-likeness (QED) is 0.701. The summed E-state index contributed by atoms with van der Waals surface area (Å²) in [6.45, 7) is 3.00. The van der Waals surface area contributed by atoms with Crippen molar-refractivity contribution >= 4 is 34.8 Å². The van der Waals surface area contributed by atoms with Crippen LogP contribution < -0.4 is 11.1 Å². The maximum Gasteiger partial charge on any atom is 0.226 e. The highest BCUT2D eigenvalue weighted by Crippen LogP contribution is 2.33. The first-order chi connectivity index (χ1) is 10.2. The summed E-state index contributed by atoms with van der Waals surface area (Å²) in [7, 11) is 0. The first-order valence-corrected chi connectivity index (χ1v) is 9.03. The van der Waals surface area contributed by atoms with E-state index in [1.807, 2.05) is 0 Å². The van der Waals surface area contributed by atoms with Gasteiger partial charge in [-0.3, -0.25) is 4.79 Å².